The van der Waals surface area contributed by atoms with Crippen molar-refractivity contribution in [1.82, 2.24) is 14.9 Å². The number of aromatic nitrogens is 2. The molecule has 1 saturated heterocycles. The smallest absolute Gasteiger partial charge is 0.273 e. The standard InChI is InChI=1S/C20H25F2N5O2/c1-3-29-15-7-9-24-17(10-15)25-16-5-4-13(2)18(26-16)19(28)27-12-20(21,22)8-6-14(27)11-23/h4-5,7,9-10,14H,3,6,8,11-12,23H2,1-2H3,(H,24,25,26)/t14-/m1/s1. The molecule has 0 aromatic carbocycles. The molecule has 7 nitrogen and oxygen atoms in total. The fourth-order valence-corrected chi connectivity index (χ4v) is 3.29. The maximum Gasteiger partial charge on any atom is 0.273 e. The number of likely N-dealkylation sites (tertiary alicyclic amines) is 1. The van der Waals surface area contributed by atoms with E-state index < -0.39 is 24.4 Å². The van der Waals surface area contributed by atoms with E-state index in [9.17, 15) is 13.6 Å². The monoisotopic (exact) mass is 405 g/mol. The van der Waals surface area contributed by atoms with E-state index in [1.165, 1.54) is 0 Å². The molecule has 29 heavy (non-hydrogen) atoms. The van der Waals surface area contributed by atoms with Crippen LogP contribution >= 0.6 is 0 Å². The number of aryl methyl sites for hydroxylation is 1. The predicted octanol–water partition coefficient (Wildman–Crippen LogP) is 3.13. The molecule has 2 aromatic rings. The molecule has 0 spiro atoms. The molecule has 0 unspecified atom stereocenters. The van der Waals surface area contributed by atoms with E-state index in [2.05, 4.69) is 15.3 Å². The van der Waals surface area contributed by atoms with Crippen LogP contribution in [0.1, 0.15) is 35.8 Å². The molecule has 1 atom stereocenters. The van der Waals surface area contributed by atoms with E-state index in [-0.39, 0.29) is 25.1 Å². The molecular weight excluding hydrogens is 380 g/mol. The van der Waals surface area contributed by atoms with Crippen molar-refractivity contribution in [3.63, 3.8) is 0 Å². The van der Waals surface area contributed by atoms with Crippen LogP contribution in [0.25, 0.3) is 0 Å². The van der Waals surface area contributed by atoms with E-state index >= 15 is 0 Å². The molecule has 156 valence electrons. The quantitative estimate of drug-likeness (QED) is 0.767. The number of pyridine rings is 2. The largest absolute Gasteiger partial charge is 0.494 e. The number of halogens is 2. The van der Waals surface area contributed by atoms with Gasteiger partial charge in [0, 0.05) is 31.3 Å². The van der Waals surface area contributed by atoms with Gasteiger partial charge in [0.25, 0.3) is 11.8 Å². The van der Waals surface area contributed by atoms with Crippen LogP contribution in [0.5, 0.6) is 5.75 Å². The van der Waals surface area contributed by atoms with Crippen molar-refractivity contribution in [3.05, 3.63) is 41.7 Å². The first-order valence-corrected chi connectivity index (χ1v) is 9.55. The summed E-state index contributed by atoms with van der Waals surface area (Å²) in [4.78, 5) is 22.8. The van der Waals surface area contributed by atoms with E-state index in [1.54, 1.807) is 37.4 Å². The summed E-state index contributed by atoms with van der Waals surface area (Å²) in [6.07, 6.45) is 1.49. The Labute approximate surface area is 168 Å². The second kappa shape index (κ2) is 8.69. The summed E-state index contributed by atoms with van der Waals surface area (Å²) in [6, 6.07) is 6.43. The Balaban J connectivity index is 1.84. The van der Waals surface area contributed by atoms with Gasteiger partial charge in [0.05, 0.1) is 13.2 Å². The van der Waals surface area contributed by atoms with Crippen molar-refractivity contribution in [2.24, 2.45) is 5.73 Å². The van der Waals surface area contributed by atoms with Gasteiger partial charge in [-0.1, -0.05) is 6.07 Å². The SMILES string of the molecule is CCOc1ccnc(Nc2ccc(C)c(C(=O)N3CC(F)(F)CC[C@@H]3CN)n2)c1. The van der Waals surface area contributed by atoms with E-state index in [0.29, 0.717) is 29.6 Å². The van der Waals surface area contributed by atoms with E-state index in [4.69, 9.17) is 10.5 Å². The van der Waals surface area contributed by atoms with Gasteiger partial charge in [0.15, 0.2) is 0 Å². The van der Waals surface area contributed by atoms with Crippen LogP contribution in [0.2, 0.25) is 0 Å². The Kier molecular flexibility index (Phi) is 6.26. The molecule has 3 rings (SSSR count). The second-order valence-corrected chi connectivity index (χ2v) is 7.01. The number of hydrogen-bond donors (Lipinski definition) is 2. The molecule has 1 fully saturated rings. The number of hydrogen-bond acceptors (Lipinski definition) is 6. The molecule has 3 N–H and O–H groups in total. The molecule has 1 aliphatic rings. The van der Waals surface area contributed by atoms with Gasteiger partial charge in [-0.3, -0.25) is 4.79 Å². The highest BCUT2D eigenvalue weighted by molar-refractivity contribution is 5.94. The normalized spacial score (nSPS) is 18.4. The average Bonchev–Trinajstić information content (AvgIpc) is 2.69. The Bertz CT molecular complexity index is 878. The number of carbonyl (C=O) groups is 1. The third-order valence-corrected chi connectivity index (χ3v) is 4.82. The van der Waals surface area contributed by atoms with Gasteiger partial charge in [-0.05, 0) is 38.0 Å². The van der Waals surface area contributed by atoms with Gasteiger partial charge in [-0.2, -0.15) is 0 Å². The number of rotatable bonds is 6. The summed E-state index contributed by atoms with van der Waals surface area (Å²) in [7, 11) is 0. The Hall–Kier alpha value is -2.81. The van der Waals surface area contributed by atoms with Gasteiger partial charge in [-0.15, -0.1) is 0 Å². The van der Waals surface area contributed by atoms with E-state index in [0.717, 1.165) is 4.90 Å². The first-order valence-electron chi connectivity index (χ1n) is 9.55. The molecule has 1 amide bonds. The molecule has 0 radical (unpaired) electrons. The molecule has 9 heteroatoms. The molecular formula is C20H25F2N5O2. The van der Waals surface area contributed by atoms with Crippen molar-refractivity contribution in [3.8, 4) is 5.75 Å². The number of piperidine rings is 1. The first-order chi connectivity index (χ1) is 13.8. The van der Waals surface area contributed by atoms with Gasteiger partial charge in [0.2, 0.25) is 0 Å². The number of alkyl halides is 2. The van der Waals surface area contributed by atoms with Crippen LogP contribution in [-0.4, -0.2) is 52.4 Å². The number of anilines is 2. The van der Waals surface area contributed by atoms with Gasteiger partial charge in [-0.25, -0.2) is 18.7 Å². The number of ether oxygens (including phenoxy) is 1. The Morgan fingerprint density at radius 1 is 1.38 bits per heavy atom. The molecule has 3 heterocycles. The average molecular weight is 405 g/mol. The lowest BCUT2D eigenvalue weighted by atomic mass is 9.98. The lowest BCUT2D eigenvalue weighted by Gasteiger charge is -2.39. The van der Waals surface area contributed by atoms with Crippen LogP contribution in [0, 0.1) is 6.92 Å². The van der Waals surface area contributed by atoms with Crippen molar-refractivity contribution in [2.45, 2.75) is 38.7 Å². The van der Waals surface area contributed by atoms with Crippen LogP contribution in [0.3, 0.4) is 0 Å². The zero-order valence-electron chi connectivity index (χ0n) is 16.5. The Morgan fingerprint density at radius 3 is 2.90 bits per heavy atom. The lowest BCUT2D eigenvalue weighted by molar-refractivity contribution is -0.0708. The van der Waals surface area contributed by atoms with Crippen LogP contribution in [0.4, 0.5) is 20.4 Å². The Morgan fingerprint density at radius 2 is 2.17 bits per heavy atom. The van der Waals surface area contributed by atoms with Crippen molar-refractivity contribution in [1.29, 1.82) is 0 Å². The molecule has 2 aromatic heterocycles. The highest BCUT2D eigenvalue weighted by Gasteiger charge is 2.42. The lowest BCUT2D eigenvalue weighted by Crippen LogP contribution is -2.54. The summed E-state index contributed by atoms with van der Waals surface area (Å²) >= 11 is 0. The highest BCUT2D eigenvalue weighted by atomic mass is 19.3. The summed E-state index contributed by atoms with van der Waals surface area (Å²) in [5.74, 6) is -1.94. The number of nitrogens with zero attached hydrogens (tertiary/aromatic N) is 3. The first kappa shape index (κ1) is 20.9. The van der Waals surface area contributed by atoms with Crippen LogP contribution in [-0.2, 0) is 0 Å². The van der Waals surface area contributed by atoms with Gasteiger partial charge in [0.1, 0.15) is 23.1 Å². The van der Waals surface area contributed by atoms with Crippen molar-refractivity contribution < 1.29 is 18.3 Å². The number of nitrogens with two attached hydrogens (primary N) is 1. The summed E-state index contributed by atoms with van der Waals surface area (Å²) in [5, 5.41) is 3.02. The van der Waals surface area contributed by atoms with Gasteiger partial charge >= 0.3 is 0 Å². The van der Waals surface area contributed by atoms with Crippen molar-refractivity contribution in [2.75, 3.05) is 25.0 Å². The highest BCUT2D eigenvalue weighted by Crippen LogP contribution is 2.31. The predicted molar refractivity (Wildman–Crippen MR) is 106 cm³/mol. The van der Waals surface area contributed by atoms with Crippen LogP contribution in [0.15, 0.2) is 30.5 Å². The zero-order valence-corrected chi connectivity index (χ0v) is 16.5. The van der Waals surface area contributed by atoms with Crippen molar-refractivity contribution >= 4 is 17.5 Å². The maximum absolute atomic E-state index is 13.9. The number of nitrogens with one attached hydrogen (secondary N) is 1. The third-order valence-electron chi connectivity index (χ3n) is 4.82. The summed E-state index contributed by atoms with van der Waals surface area (Å²) < 4.78 is 33.3. The minimum absolute atomic E-state index is 0.118. The minimum atomic E-state index is -2.92. The molecule has 0 aliphatic carbocycles. The fourth-order valence-electron chi connectivity index (χ4n) is 3.29. The zero-order chi connectivity index (χ0) is 21.0. The second-order valence-electron chi connectivity index (χ2n) is 7.01. The van der Waals surface area contributed by atoms with Gasteiger partial charge < -0.3 is 20.7 Å². The third kappa shape index (κ3) is 4.97. The fraction of sp³-hybridized carbons (Fsp3) is 0.450. The van der Waals surface area contributed by atoms with Crippen LogP contribution < -0.4 is 15.8 Å². The number of amides is 1. The number of carbonyl (C=O) groups excluding carboxylic acids is 1. The summed E-state index contributed by atoms with van der Waals surface area (Å²) in [6.45, 7) is 3.61. The maximum atomic E-state index is 13.9. The minimum Gasteiger partial charge on any atom is -0.494 e. The summed E-state index contributed by atoms with van der Waals surface area (Å²) in [5.41, 5.74) is 6.43. The molecule has 0 saturated carbocycles. The molecule has 0 bridgehead atoms. The van der Waals surface area contributed by atoms with E-state index in [1.807, 2.05) is 6.92 Å². The molecule has 1 aliphatic heterocycles. The topological polar surface area (TPSA) is 93.4 Å².